The summed E-state index contributed by atoms with van der Waals surface area (Å²) in [6.45, 7) is -0.127. The lowest BCUT2D eigenvalue weighted by Crippen LogP contribution is -2.35. The topological polar surface area (TPSA) is 105 Å². The van der Waals surface area contributed by atoms with Crippen molar-refractivity contribution in [2.24, 2.45) is 17.5 Å². The van der Waals surface area contributed by atoms with Crippen LogP contribution in [0, 0.1) is 5.92 Å². The van der Waals surface area contributed by atoms with Crippen molar-refractivity contribution in [3.05, 3.63) is 35.9 Å². The molecule has 1 aromatic rings. The molecular weight excluding hydrogens is 224 g/mol. The molecule has 0 fully saturated rings. The minimum atomic E-state index is -1.18. The fraction of sp³-hybridized carbons (Fsp3) is 0.273. The van der Waals surface area contributed by atoms with E-state index in [1.165, 1.54) is 0 Å². The van der Waals surface area contributed by atoms with Gasteiger partial charge in [0.05, 0.1) is 0 Å². The molecule has 0 aliphatic heterocycles. The second-order valence-electron chi connectivity index (χ2n) is 3.32. The van der Waals surface area contributed by atoms with Gasteiger partial charge in [0.25, 0.3) is 0 Å². The van der Waals surface area contributed by atoms with Crippen molar-refractivity contribution in [3.63, 3.8) is 0 Å². The Morgan fingerprint density at radius 3 is 2.35 bits per heavy atom. The Hall–Kier alpha value is -1.92. The van der Waals surface area contributed by atoms with Gasteiger partial charge >= 0.3 is 11.9 Å². The van der Waals surface area contributed by atoms with Gasteiger partial charge in [-0.1, -0.05) is 30.3 Å². The number of rotatable bonds is 5. The number of nitrogens with two attached hydrogens (primary N) is 2. The fourth-order valence-electron chi connectivity index (χ4n) is 1.20. The van der Waals surface area contributed by atoms with Crippen molar-refractivity contribution >= 4 is 11.9 Å². The third kappa shape index (κ3) is 3.86. The molecule has 0 aliphatic rings. The van der Waals surface area contributed by atoms with Crippen LogP contribution in [0.3, 0.4) is 0 Å². The smallest absolute Gasteiger partial charge is 0.340 e. The molecule has 0 aliphatic carbocycles. The summed E-state index contributed by atoms with van der Waals surface area (Å²) in [5, 5.41) is 0. The standard InChI is InChI=1S/C11H14N2O4/c12-6-9(11(15)17-13)10(14)16-7-8-4-2-1-3-5-8/h1-5,9H,6-7,12-13H2/t9-/m0/s1. The van der Waals surface area contributed by atoms with Crippen molar-refractivity contribution in [2.75, 3.05) is 6.54 Å². The van der Waals surface area contributed by atoms with Gasteiger partial charge in [-0.05, 0) is 5.56 Å². The molecule has 0 bridgehead atoms. The number of hydrogen-bond acceptors (Lipinski definition) is 6. The zero-order valence-electron chi connectivity index (χ0n) is 9.17. The SMILES string of the molecule is NC[C@H](C(=O)ON)C(=O)OCc1ccccc1. The first-order valence-electron chi connectivity index (χ1n) is 5.00. The minimum absolute atomic E-state index is 0.0774. The van der Waals surface area contributed by atoms with Gasteiger partial charge in [0, 0.05) is 6.54 Å². The Labute approximate surface area is 98.4 Å². The van der Waals surface area contributed by atoms with Gasteiger partial charge in [0.1, 0.15) is 6.61 Å². The van der Waals surface area contributed by atoms with Crippen molar-refractivity contribution in [1.29, 1.82) is 0 Å². The molecule has 0 unspecified atom stereocenters. The summed E-state index contributed by atoms with van der Waals surface area (Å²) in [6.07, 6.45) is 0. The third-order valence-corrected chi connectivity index (χ3v) is 2.14. The molecule has 1 aromatic carbocycles. The van der Waals surface area contributed by atoms with Crippen LogP contribution in [0.25, 0.3) is 0 Å². The predicted octanol–water partition coefficient (Wildman–Crippen LogP) is -0.278. The van der Waals surface area contributed by atoms with E-state index < -0.39 is 17.9 Å². The van der Waals surface area contributed by atoms with E-state index in [1.807, 2.05) is 18.2 Å². The van der Waals surface area contributed by atoms with Crippen LogP contribution in [0.15, 0.2) is 30.3 Å². The van der Waals surface area contributed by atoms with E-state index >= 15 is 0 Å². The number of ether oxygens (including phenoxy) is 1. The number of esters is 1. The molecule has 92 valence electrons. The van der Waals surface area contributed by atoms with Crippen LogP contribution in [0.4, 0.5) is 0 Å². The van der Waals surface area contributed by atoms with Crippen LogP contribution in [0.2, 0.25) is 0 Å². The van der Waals surface area contributed by atoms with Gasteiger partial charge in [-0.3, -0.25) is 4.79 Å². The Morgan fingerprint density at radius 1 is 1.18 bits per heavy atom. The Kier molecular flexibility index (Phi) is 5.12. The first-order chi connectivity index (χ1) is 8.19. The van der Waals surface area contributed by atoms with Crippen LogP contribution in [0.1, 0.15) is 5.56 Å². The first kappa shape index (κ1) is 13.1. The number of hydrogen-bond donors (Lipinski definition) is 2. The zero-order chi connectivity index (χ0) is 12.7. The molecule has 0 saturated heterocycles. The first-order valence-corrected chi connectivity index (χ1v) is 5.00. The molecule has 4 N–H and O–H groups in total. The average Bonchev–Trinajstić information content (AvgIpc) is 2.38. The predicted molar refractivity (Wildman–Crippen MR) is 59.1 cm³/mol. The van der Waals surface area contributed by atoms with Crippen LogP contribution in [-0.4, -0.2) is 18.5 Å². The average molecular weight is 238 g/mol. The number of carbonyl (C=O) groups excluding carboxylic acids is 2. The number of carbonyl (C=O) groups is 2. The largest absolute Gasteiger partial charge is 0.460 e. The molecule has 17 heavy (non-hydrogen) atoms. The van der Waals surface area contributed by atoms with Crippen LogP contribution >= 0.6 is 0 Å². The molecular formula is C11H14N2O4. The maximum Gasteiger partial charge on any atom is 0.340 e. The molecule has 1 rings (SSSR count). The van der Waals surface area contributed by atoms with Crippen LogP contribution < -0.4 is 11.6 Å². The molecule has 0 heterocycles. The molecule has 1 atom stereocenters. The van der Waals surface area contributed by atoms with E-state index in [4.69, 9.17) is 10.5 Å². The van der Waals surface area contributed by atoms with Crippen molar-refractivity contribution in [2.45, 2.75) is 6.61 Å². The molecule has 0 aromatic heterocycles. The summed E-state index contributed by atoms with van der Waals surface area (Å²) in [5.74, 6) is 1.86. The van der Waals surface area contributed by atoms with Crippen LogP contribution in [0.5, 0.6) is 0 Å². The minimum Gasteiger partial charge on any atom is -0.460 e. The van der Waals surface area contributed by atoms with E-state index in [0.717, 1.165) is 5.56 Å². The van der Waals surface area contributed by atoms with Gasteiger partial charge in [0.2, 0.25) is 0 Å². The monoisotopic (exact) mass is 238 g/mol. The highest BCUT2D eigenvalue weighted by atomic mass is 16.7. The normalized spacial score (nSPS) is 11.6. The molecule has 0 saturated carbocycles. The lowest BCUT2D eigenvalue weighted by Gasteiger charge is -2.11. The highest BCUT2D eigenvalue weighted by molar-refractivity contribution is 5.95. The van der Waals surface area contributed by atoms with E-state index in [0.29, 0.717) is 0 Å². The fourth-order valence-corrected chi connectivity index (χ4v) is 1.20. The quantitative estimate of drug-likeness (QED) is 0.415. The van der Waals surface area contributed by atoms with Crippen LogP contribution in [-0.2, 0) is 25.8 Å². The summed E-state index contributed by atoms with van der Waals surface area (Å²) < 4.78 is 4.93. The second-order valence-corrected chi connectivity index (χ2v) is 3.32. The zero-order valence-corrected chi connectivity index (χ0v) is 9.17. The second kappa shape index (κ2) is 6.62. The summed E-state index contributed by atoms with van der Waals surface area (Å²) in [5.41, 5.74) is 6.08. The van der Waals surface area contributed by atoms with E-state index in [9.17, 15) is 9.59 Å². The van der Waals surface area contributed by atoms with Crippen molar-refractivity contribution < 1.29 is 19.2 Å². The molecule has 0 spiro atoms. The Bertz CT molecular complexity index is 380. The summed E-state index contributed by atoms with van der Waals surface area (Å²) in [7, 11) is 0. The molecule has 6 heteroatoms. The summed E-state index contributed by atoms with van der Waals surface area (Å²) >= 11 is 0. The highest BCUT2D eigenvalue weighted by Gasteiger charge is 2.28. The van der Waals surface area contributed by atoms with Crippen molar-refractivity contribution in [1.82, 2.24) is 0 Å². The lowest BCUT2D eigenvalue weighted by atomic mass is 10.1. The highest BCUT2D eigenvalue weighted by Crippen LogP contribution is 2.05. The summed E-state index contributed by atoms with van der Waals surface area (Å²) in [6, 6.07) is 9.08. The molecule has 0 amide bonds. The van der Waals surface area contributed by atoms with Crippen molar-refractivity contribution in [3.8, 4) is 0 Å². The van der Waals surface area contributed by atoms with Gasteiger partial charge in [-0.2, -0.15) is 5.90 Å². The summed E-state index contributed by atoms with van der Waals surface area (Å²) in [4.78, 5) is 26.5. The third-order valence-electron chi connectivity index (χ3n) is 2.14. The van der Waals surface area contributed by atoms with E-state index in [1.54, 1.807) is 12.1 Å². The Morgan fingerprint density at radius 2 is 1.82 bits per heavy atom. The van der Waals surface area contributed by atoms with E-state index in [2.05, 4.69) is 10.7 Å². The maximum atomic E-state index is 11.5. The maximum absolute atomic E-state index is 11.5. The Balaban J connectivity index is 2.51. The van der Waals surface area contributed by atoms with Gasteiger partial charge < -0.3 is 15.3 Å². The molecule has 0 radical (unpaired) electrons. The molecule has 6 nitrogen and oxygen atoms in total. The van der Waals surface area contributed by atoms with E-state index in [-0.39, 0.29) is 13.2 Å². The van der Waals surface area contributed by atoms with Gasteiger partial charge in [-0.25, -0.2) is 4.79 Å². The number of benzene rings is 1. The van der Waals surface area contributed by atoms with Gasteiger partial charge in [-0.15, -0.1) is 0 Å². The van der Waals surface area contributed by atoms with Gasteiger partial charge in [0.15, 0.2) is 5.92 Å². The lowest BCUT2D eigenvalue weighted by molar-refractivity contribution is -0.162.